The molecule has 0 amide bonds. The summed E-state index contributed by atoms with van der Waals surface area (Å²) in [5, 5.41) is 0. The van der Waals surface area contributed by atoms with Crippen LogP contribution >= 0.6 is 0 Å². The van der Waals surface area contributed by atoms with Crippen LogP contribution in [0.2, 0.25) is 0 Å². The number of rotatable bonds is 6. The molecule has 0 aliphatic carbocycles. The van der Waals surface area contributed by atoms with Crippen LogP contribution in [0.5, 0.6) is 0 Å². The van der Waals surface area contributed by atoms with Crippen LogP contribution in [0, 0.1) is 11.6 Å². The highest BCUT2D eigenvalue weighted by Crippen LogP contribution is 2.21. The summed E-state index contributed by atoms with van der Waals surface area (Å²) >= 11 is 0. The van der Waals surface area contributed by atoms with Gasteiger partial charge in [0, 0.05) is 11.4 Å². The molecule has 2 N–H and O–H groups in total. The first-order valence-electron chi connectivity index (χ1n) is 6.75. The Morgan fingerprint density at radius 2 is 1.62 bits per heavy atom. The maximum Gasteiger partial charge on any atom is 0.144 e. The molecule has 0 aromatic heterocycles. The third kappa shape index (κ3) is 4.36. The molecule has 112 valence electrons. The highest BCUT2D eigenvalue weighted by molar-refractivity contribution is 7.85. The SMILES string of the molecule is Nc1cc(F)c(S(=O)CCCCc2ccccc2)c(F)c1. The van der Waals surface area contributed by atoms with Gasteiger partial charge in [0.2, 0.25) is 0 Å². The fraction of sp³-hybridized carbons (Fsp3) is 0.250. The van der Waals surface area contributed by atoms with Crippen molar-refractivity contribution in [2.75, 3.05) is 11.5 Å². The van der Waals surface area contributed by atoms with E-state index < -0.39 is 22.4 Å². The van der Waals surface area contributed by atoms with Gasteiger partial charge in [-0.1, -0.05) is 30.3 Å². The largest absolute Gasteiger partial charge is 0.399 e. The lowest BCUT2D eigenvalue weighted by atomic mass is 10.1. The molecule has 21 heavy (non-hydrogen) atoms. The molecule has 5 heteroatoms. The number of halogens is 2. The zero-order valence-corrected chi connectivity index (χ0v) is 12.3. The summed E-state index contributed by atoms with van der Waals surface area (Å²) in [5.41, 5.74) is 6.53. The number of anilines is 1. The van der Waals surface area contributed by atoms with Crippen LogP contribution in [0.1, 0.15) is 18.4 Å². The van der Waals surface area contributed by atoms with E-state index in [4.69, 9.17) is 5.73 Å². The molecule has 2 aromatic rings. The summed E-state index contributed by atoms with van der Waals surface area (Å²) in [6.07, 6.45) is 2.34. The maximum atomic E-state index is 13.6. The molecule has 0 bridgehead atoms. The fourth-order valence-electron chi connectivity index (χ4n) is 2.11. The Hall–Kier alpha value is -1.75. The van der Waals surface area contributed by atoms with E-state index in [0.29, 0.717) is 6.42 Å². The normalized spacial score (nSPS) is 12.3. The highest BCUT2D eigenvalue weighted by Gasteiger charge is 2.16. The Bertz CT molecular complexity index is 608. The molecule has 2 aromatic carbocycles. The zero-order valence-electron chi connectivity index (χ0n) is 11.5. The monoisotopic (exact) mass is 309 g/mol. The number of benzene rings is 2. The summed E-state index contributed by atoms with van der Waals surface area (Å²) in [7, 11) is -1.68. The molecule has 0 heterocycles. The topological polar surface area (TPSA) is 43.1 Å². The minimum absolute atomic E-state index is 0.00479. The molecule has 0 saturated heterocycles. The van der Waals surface area contributed by atoms with Gasteiger partial charge in [-0.15, -0.1) is 0 Å². The van der Waals surface area contributed by atoms with E-state index in [1.165, 1.54) is 5.56 Å². The third-order valence-electron chi connectivity index (χ3n) is 3.14. The van der Waals surface area contributed by atoms with Crippen molar-refractivity contribution in [2.45, 2.75) is 24.2 Å². The standard InChI is InChI=1S/C16H17F2NOS/c17-14-10-13(19)11-15(18)16(14)21(20)9-5-4-8-12-6-2-1-3-7-12/h1-3,6-7,10-11H,4-5,8-9,19H2. The number of hydrogen-bond acceptors (Lipinski definition) is 2. The quantitative estimate of drug-likeness (QED) is 0.653. The Morgan fingerprint density at radius 1 is 1.00 bits per heavy atom. The van der Waals surface area contributed by atoms with Crippen molar-refractivity contribution in [1.29, 1.82) is 0 Å². The molecule has 2 rings (SSSR count). The molecule has 0 spiro atoms. The van der Waals surface area contributed by atoms with E-state index in [2.05, 4.69) is 0 Å². The van der Waals surface area contributed by atoms with Crippen LogP contribution in [0.4, 0.5) is 14.5 Å². The number of nitrogens with two attached hydrogens (primary N) is 1. The molecule has 0 aliphatic heterocycles. The van der Waals surface area contributed by atoms with Gasteiger partial charge in [-0.2, -0.15) is 0 Å². The van der Waals surface area contributed by atoms with E-state index in [9.17, 15) is 13.0 Å². The maximum absolute atomic E-state index is 13.6. The second-order valence-electron chi connectivity index (χ2n) is 4.81. The van der Waals surface area contributed by atoms with Crippen molar-refractivity contribution < 1.29 is 13.0 Å². The Kier molecular flexibility index (Phi) is 5.44. The molecule has 0 fully saturated rings. The Labute approximate surface area is 125 Å². The first kappa shape index (κ1) is 15.6. The van der Waals surface area contributed by atoms with Crippen LogP contribution in [0.3, 0.4) is 0 Å². The number of aryl methyl sites for hydroxylation is 1. The van der Waals surface area contributed by atoms with Gasteiger partial charge in [0.25, 0.3) is 0 Å². The molecule has 1 unspecified atom stereocenters. The minimum atomic E-state index is -1.68. The average molecular weight is 309 g/mol. The minimum Gasteiger partial charge on any atom is -0.399 e. The molecule has 0 radical (unpaired) electrons. The second-order valence-corrected chi connectivity index (χ2v) is 6.31. The molecule has 1 atom stereocenters. The first-order valence-corrected chi connectivity index (χ1v) is 8.06. The van der Waals surface area contributed by atoms with Gasteiger partial charge in [-0.05, 0) is 37.0 Å². The van der Waals surface area contributed by atoms with E-state index in [1.54, 1.807) is 0 Å². The van der Waals surface area contributed by atoms with E-state index in [0.717, 1.165) is 25.0 Å². The second kappa shape index (κ2) is 7.31. The van der Waals surface area contributed by atoms with Crippen molar-refractivity contribution in [1.82, 2.24) is 0 Å². The fourth-order valence-corrected chi connectivity index (χ4v) is 3.33. The molecule has 2 nitrogen and oxygen atoms in total. The summed E-state index contributed by atoms with van der Waals surface area (Å²) in [6.45, 7) is 0. The van der Waals surface area contributed by atoms with Crippen molar-refractivity contribution in [2.24, 2.45) is 0 Å². The van der Waals surface area contributed by atoms with E-state index in [1.807, 2.05) is 30.3 Å². The molecular weight excluding hydrogens is 292 g/mol. The van der Waals surface area contributed by atoms with E-state index in [-0.39, 0.29) is 16.3 Å². The third-order valence-corrected chi connectivity index (χ3v) is 4.64. The van der Waals surface area contributed by atoms with Crippen molar-refractivity contribution in [3.05, 3.63) is 59.7 Å². The van der Waals surface area contributed by atoms with Gasteiger partial charge in [0.05, 0.1) is 10.8 Å². The number of unbranched alkanes of at least 4 members (excludes halogenated alkanes) is 1. The summed E-state index contributed by atoms with van der Waals surface area (Å²) in [6, 6.07) is 11.9. The smallest absolute Gasteiger partial charge is 0.144 e. The van der Waals surface area contributed by atoms with Gasteiger partial charge in [-0.3, -0.25) is 4.21 Å². The van der Waals surface area contributed by atoms with Crippen LogP contribution in [0.25, 0.3) is 0 Å². The first-order chi connectivity index (χ1) is 10.1. The van der Waals surface area contributed by atoms with Crippen LogP contribution in [-0.2, 0) is 17.2 Å². The molecule has 0 aliphatic rings. The summed E-state index contributed by atoms with van der Waals surface area (Å²) in [5.74, 6) is -1.44. The molecular formula is C16H17F2NOS. The predicted molar refractivity (Wildman–Crippen MR) is 81.4 cm³/mol. The summed E-state index contributed by atoms with van der Waals surface area (Å²) < 4.78 is 39.2. The Morgan fingerprint density at radius 3 is 2.24 bits per heavy atom. The Balaban J connectivity index is 1.88. The van der Waals surface area contributed by atoms with Crippen LogP contribution in [0.15, 0.2) is 47.4 Å². The summed E-state index contributed by atoms with van der Waals surface area (Å²) in [4.78, 5) is -0.371. The number of nitrogen functional groups attached to an aromatic ring is 1. The van der Waals surface area contributed by atoms with Crippen LogP contribution in [-0.4, -0.2) is 9.96 Å². The zero-order chi connectivity index (χ0) is 15.2. The lowest BCUT2D eigenvalue weighted by molar-refractivity contribution is 0.535. The van der Waals surface area contributed by atoms with Crippen molar-refractivity contribution in [3.63, 3.8) is 0 Å². The highest BCUT2D eigenvalue weighted by atomic mass is 32.2. The van der Waals surface area contributed by atoms with Gasteiger partial charge < -0.3 is 5.73 Å². The van der Waals surface area contributed by atoms with Gasteiger partial charge in [-0.25, -0.2) is 8.78 Å². The molecule has 0 saturated carbocycles. The van der Waals surface area contributed by atoms with E-state index >= 15 is 0 Å². The van der Waals surface area contributed by atoms with Crippen LogP contribution < -0.4 is 5.73 Å². The number of hydrogen-bond donors (Lipinski definition) is 1. The lowest BCUT2D eigenvalue weighted by Gasteiger charge is -2.06. The van der Waals surface area contributed by atoms with Gasteiger partial charge in [0.1, 0.15) is 16.5 Å². The predicted octanol–water partition coefficient (Wildman–Crippen LogP) is 3.68. The van der Waals surface area contributed by atoms with Crippen molar-refractivity contribution >= 4 is 16.5 Å². The van der Waals surface area contributed by atoms with Gasteiger partial charge >= 0.3 is 0 Å². The lowest BCUT2D eigenvalue weighted by Crippen LogP contribution is -2.05. The van der Waals surface area contributed by atoms with Crippen molar-refractivity contribution in [3.8, 4) is 0 Å². The van der Waals surface area contributed by atoms with Gasteiger partial charge in [0.15, 0.2) is 0 Å². The average Bonchev–Trinajstić information content (AvgIpc) is 2.43.